The molecule has 4 N–H and O–H groups in total. The van der Waals surface area contributed by atoms with Gasteiger partial charge in [-0.25, -0.2) is 5.14 Å². The monoisotopic (exact) mass is 301 g/mol. The number of furan rings is 1. The van der Waals surface area contributed by atoms with Gasteiger partial charge in [0, 0.05) is 5.69 Å². The molecule has 0 aliphatic rings. The van der Waals surface area contributed by atoms with E-state index in [0.29, 0.717) is 23.2 Å². The zero-order chi connectivity index (χ0) is 13.9. The molecule has 0 saturated heterocycles. The third-order valence-corrected chi connectivity index (χ3v) is 2.94. The third-order valence-electron chi connectivity index (χ3n) is 2.22. The lowest BCUT2D eigenvalue weighted by molar-refractivity contribution is 0.520. The minimum Gasteiger partial charge on any atom is -0.448 e. The van der Waals surface area contributed by atoms with Crippen molar-refractivity contribution < 1.29 is 12.8 Å². The Morgan fingerprint density at radius 3 is 2.58 bits per heavy atom. The number of rotatable bonds is 5. The molecule has 0 fully saturated rings. The van der Waals surface area contributed by atoms with Crippen LogP contribution in [0.25, 0.3) is 0 Å². The summed E-state index contributed by atoms with van der Waals surface area (Å²) in [6, 6.07) is 10.1. The highest BCUT2D eigenvalue weighted by Gasteiger charge is 2.03. The lowest BCUT2D eigenvalue weighted by atomic mass is 10.3. The van der Waals surface area contributed by atoms with Gasteiger partial charge in [-0.15, -0.1) is 0 Å². The normalized spacial score (nSPS) is 11.3. The smallest absolute Gasteiger partial charge is 0.296 e. The van der Waals surface area contributed by atoms with Crippen LogP contribution in [0, 0.1) is 0 Å². The second kappa shape index (κ2) is 5.52. The zero-order valence-corrected chi connectivity index (χ0v) is 11.3. The van der Waals surface area contributed by atoms with Crippen molar-refractivity contribution >= 4 is 33.2 Å². The second-order valence-electron chi connectivity index (χ2n) is 3.79. The lowest BCUT2D eigenvalue weighted by Gasteiger charge is -2.07. The van der Waals surface area contributed by atoms with Crippen molar-refractivity contribution in [3.63, 3.8) is 0 Å². The van der Waals surface area contributed by atoms with Crippen molar-refractivity contribution in [1.29, 1.82) is 0 Å². The Labute approximate surface area is 115 Å². The van der Waals surface area contributed by atoms with Gasteiger partial charge < -0.3 is 9.73 Å². The lowest BCUT2D eigenvalue weighted by Crippen LogP contribution is -2.21. The molecule has 0 amide bonds. The van der Waals surface area contributed by atoms with Crippen molar-refractivity contribution in [1.82, 2.24) is 0 Å². The Hall–Kier alpha value is -1.70. The van der Waals surface area contributed by atoms with Crippen molar-refractivity contribution in [2.24, 2.45) is 5.14 Å². The van der Waals surface area contributed by atoms with E-state index in [2.05, 4.69) is 10.0 Å². The van der Waals surface area contributed by atoms with E-state index in [9.17, 15) is 8.42 Å². The van der Waals surface area contributed by atoms with E-state index >= 15 is 0 Å². The van der Waals surface area contributed by atoms with Gasteiger partial charge in [0.2, 0.25) is 0 Å². The average molecular weight is 302 g/mol. The minimum absolute atomic E-state index is 0.321. The fourth-order valence-corrected chi connectivity index (χ4v) is 2.11. The summed E-state index contributed by atoms with van der Waals surface area (Å²) < 4.78 is 29.2. The Kier molecular flexibility index (Phi) is 3.98. The summed E-state index contributed by atoms with van der Waals surface area (Å²) in [5, 5.41) is 8.29. The maximum absolute atomic E-state index is 10.9. The summed E-state index contributed by atoms with van der Waals surface area (Å²) in [7, 11) is -3.77. The summed E-state index contributed by atoms with van der Waals surface area (Å²) in [5.74, 6) is 0.676. The fourth-order valence-electron chi connectivity index (χ4n) is 1.49. The number of hydrogen-bond donors (Lipinski definition) is 3. The predicted molar refractivity (Wildman–Crippen MR) is 74.2 cm³/mol. The molecule has 0 aliphatic heterocycles. The number of halogens is 1. The molecule has 0 radical (unpaired) electrons. The van der Waals surface area contributed by atoms with E-state index < -0.39 is 10.2 Å². The first kappa shape index (κ1) is 13.7. The maximum atomic E-state index is 10.9. The molecule has 1 aromatic heterocycles. The van der Waals surface area contributed by atoms with Crippen molar-refractivity contribution in [2.75, 3.05) is 10.0 Å². The molecule has 1 heterocycles. The molecule has 1 aromatic carbocycles. The number of benzene rings is 1. The summed E-state index contributed by atoms with van der Waals surface area (Å²) in [6.45, 7) is 0.436. The Balaban J connectivity index is 2.03. The van der Waals surface area contributed by atoms with Crippen LogP contribution in [0.1, 0.15) is 5.76 Å². The Bertz CT molecular complexity index is 669. The summed E-state index contributed by atoms with van der Waals surface area (Å²) in [6.07, 6.45) is 0. The standard InChI is InChI=1S/C11H12ClN3O3S/c12-11-5-4-10(18-11)7-14-8-2-1-3-9(6-8)15-19(13,16)17/h1-6,14-15H,7H2,(H2,13,16,17). The van der Waals surface area contributed by atoms with Gasteiger partial charge in [-0.1, -0.05) is 6.07 Å². The van der Waals surface area contributed by atoms with Crippen molar-refractivity contribution in [3.8, 4) is 0 Å². The molecule has 6 nitrogen and oxygen atoms in total. The first-order chi connectivity index (χ1) is 8.92. The van der Waals surface area contributed by atoms with Gasteiger partial charge >= 0.3 is 0 Å². The van der Waals surface area contributed by atoms with Crippen molar-refractivity contribution in [3.05, 3.63) is 47.4 Å². The van der Waals surface area contributed by atoms with E-state index in [1.54, 1.807) is 36.4 Å². The van der Waals surface area contributed by atoms with Gasteiger partial charge in [0.25, 0.3) is 10.2 Å². The largest absolute Gasteiger partial charge is 0.448 e. The highest BCUT2D eigenvalue weighted by Crippen LogP contribution is 2.18. The molecular weight excluding hydrogens is 290 g/mol. The summed E-state index contributed by atoms with van der Waals surface area (Å²) >= 11 is 5.65. The Morgan fingerprint density at radius 2 is 1.95 bits per heavy atom. The van der Waals surface area contributed by atoms with Crippen LogP contribution in [0.3, 0.4) is 0 Å². The second-order valence-corrected chi connectivity index (χ2v) is 5.45. The molecule has 0 atom stereocenters. The summed E-state index contributed by atoms with van der Waals surface area (Å²) in [4.78, 5) is 0. The molecule has 19 heavy (non-hydrogen) atoms. The van der Waals surface area contributed by atoms with Gasteiger partial charge in [-0.3, -0.25) is 4.72 Å². The van der Waals surface area contributed by atoms with Gasteiger partial charge in [-0.2, -0.15) is 8.42 Å². The fraction of sp³-hybridized carbons (Fsp3) is 0.0909. The van der Waals surface area contributed by atoms with E-state index in [0.717, 1.165) is 5.69 Å². The van der Waals surface area contributed by atoms with Crippen LogP contribution in [0.15, 0.2) is 40.8 Å². The molecule has 2 aromatic rings. The van der Waals surface area contributed by atoms with Crippen LogP contribution >= 0.6 is 11.6 Å². The highest BCUT2D eigenvalue weighted by molar-refractivity contribution is 7.90. The molecule has 2 rings (SSSR count). The summed E-state index contributed by atoms with van der Waals surface area (Å²) in [5.41, 5.74) is 1.10. The van der Waals surface area contributed by atoms with Crippen molar-refractivity contribution in [2.45, 2.75) is 6.54 Å². The quantitative estimate of drug-likeness (QED) is 0.788. The Morgan fingerprint density at radius 1 is 1.21 bits per heavy atom. The molecule has 0 saturated carbocycles. The van der Waals surface area contributed by atoms with Crippen LogP contribution in [0.4, 0.5) is 11.4 Å². The average Bonchev–Trinajstić information content (AvgIpc) is 2.71. The molecule has 0 bridgehead atoms. The van der Waals surface area contributed by atoms with Gasteiger partial charge in [0.1, 0.15) is 5.76 Å². The van der Waals surface area contributed by atoms with E-state index in [1.807, 2.05) is 0 Å². The van der Waals surface area contributed by atoms with Crippen LogP contribution in [-0.4, -0.2) is 8.42 Å². The van der Waals surface area contributed by atoms with Gasteiger partial charge in [-0.05, 0) is 41.9 Å². The van der Waals surface area contributed by atoms with E-state index in [4.69, 9.17) is 21.2 Å². The van der Waals surface area contributed by atoms with Crippen LogP contribution in [0.5, 0.6) is 0 Å². The first-order valence-electron chi connectivity index (χ1n) is 5.31. The molecule has 102 valence electrons. The number of hydrogen-bond acceptors (Lipinski definition) is 4. The predicted octanol–water partition coefficient (Wildman–Crippen LogP) is 2.16. The molecular formula is C11H12ClN3O3S. The third kappa shape index (κ3) is 4.47. The number of nitrogens with two attached hydrogens (primary N) is 1. The molecule has 0 spiro atoms. The van der Waals surface area contributed by atoms with Gasteiger partial charge in [0.05, 0.1) is 12.2 Å². The molecule has 0 aliphatic carbocycles. The van der Waals surface area contributed by atoms with Crippen LogP contribution in [-0.2, 0) is 16.8 Å². The molecule has 0 unspecified atom stereocenters. The van der Waals surface area contributed by atoms with Crippen LogP contribution < -0.4 is 15.2 Å². The first-order valence-corrected chi connectivity index (χ1v) is 7.23. The minimum atomic E-state index is -3.77. The van der Waals surface area contributed by atoms with E-state index in [1.165, 1.54) is 0 Å². The van der Waals surface area contributed by atoms with Gasteiger partial charge in [0.15, 0.2) is 5.22 Å². The topological polar surface area (TPSA) is 97.4 Å². The van der Waals surface area contributed by atoms with E-state index in [-0.39, 0.29) is 0 Å². The number of anilines is 2. The SMILES string of the molecule is NS(=O)(=O)Nc1cccc(NCc2ccc(Cl)o2)c1. The zero-order valence-electron chi connectivity index (χ0n) is 9.76. The molecule has 8 heteroatoms. The highest BCUT2D eigenvalue weighted by atomic mass is 35.5. The number of nitrogens with one attached hydrogen (secondary N) is 2. The van der Waals surface area contributed by atoms with Crippen LogP contribution in [0.2, 0.25) is 5.22 Å². The maximum Gasteiger partial charge on any atom is 0.296 e.